The second-order valence-electron chi connectivity index (χ2n) is 9.53. The number of ether oxygens (including phenoxy) is 1. The second kappa shape index (κ2) is 9.14. The summed E-state index contributed by atoms with van der Waals surface area (Å²) in [5.74, 6) is 1.54. The van der Waals surface area contributed by atoms with Gasteiger partial charge in [-0.15, -0.1) is 0 Å². The highest BCUT2D eigenvalue weighted by Crippen LogP contribution is 2.45. The lowest BCUT2D eigenvalue weighted by molar-refractivity contribution is 0.0985. The summed E-state index contributed by atoms with van der Waals surface area (Å²) in [4.78, 5) is 23.2. The highest BCUT2D eigenvalue weighted by molar-refractivity contribution is 7.92. The van der Waals surface area contributed by atoms with Gasteiger partial charge in [-0.2, -0.15) is 0 Å². The predicted molar refractivity (Wildman–Crippen MR) is 133 cm³/mol. The minimum absolute atomic E-state index is 0.0173. The van der Waals surface area contributed by atoms with E-state index in [0.717, 1.165) is 24.0 Å². The molecule has 1 saturated heterocycles. The number of hydrogen-bond donors (Lipinski definition) is 2. The van der Waals surface area contributed by atoms with Gasteiger partial charge in [-0.25, -0.2) is 23.2 Å². The summed E-state index contributed by atoms with van der Waals surface area (Å²) >= 11 is 0. The number of carbonyl (C=O) groups is 1. The molecule has 10 heteroatoms. The Morgan fingerprint density at radius 1 is 1.26 bits per heavy atom. The first-order chi connectivity index (χ1) is 16.0. The lowest BCUT2D eigenvalue weighted by atomic mass is 10.0. The zero-order chi connectivity index (χ0) is 24.7. The number of primary amides is 1. The van der Waals surface area contributed by atoms with Crippen molar-refractivity contribution in [3.8, 4) is 11.4 Å². The molecule has 1 atom stereocenters. The van der Waals surface area contributed by atoms with E-state index < -0.39 is 20.6 Å². The molecule has 3 N–H and O–H groups in total. The van der Waals surface area contributed by atoms with Gasteiger partial charge in [-0.05, 0) is 63.3 Å². The molecule has 2 heterocycles. The number of morpholine rings is 1. The first-order valence-corrected chi connectivity index (χ1v) is 13.4. The molecule has 0 bridgehead atoms. The fourth-order valence-electron chi connectivity index (χ4n) is 4.32. The first-order valence-electron chi connectivity index (χ1n) is 11.7. The SMILES string of the molecule is CCS(=O)(=O)C(C)(C)c1cc(N2CCOC[C@@H]2C)nc(-c2ccc(NC(N)=O)cc2C2CC2)n1. The Hall–Kier alpha value is -2.72. The van der Waals surface area contributed by atoms with Crippen LogP contribution in [0.15, 0.2) is 24.3 Å². The van der Waals surface area contributed by atoms with Crippen LogP contribution < -0.4 is 16.0 Å². The summed E-state index contributed by atoms with van der Waals surface area (Å²) in [5, 5.41) is 2.64. The Labute approximate surface area is 201 Å². The summed E-state index contributed by atoms with van der Waals surface area (Å²) in [5.41, 5.74) is 8.26. The summed E-state index contributed by atoms with van der Waals surface area (Å²) < 4.78 is 30.4. The molecule has 4 rings (SSSR count). The number of nitrogens with one attached hydrogen (secondary N) is 1. The largest absolute Gasteiger partial charge is 0.377 e. The van der Waals surface area contributed by atoms with Crippen LogP contribution in [0.2, 0.25) is 0 Å². The number of nitrogens with zero attached hydrogens (tertiary/aromatic N) is 3. The highest BCUT2D eigenvalue weighted by atomic mass is 32.2. The van der Waals surface area contributed by atoms with Gasteiger partial charge in [-0.1, -0.05) is 6.92 Å². The molecule has 9 nitrogen and oxygen atoms in total. The van der Waals surface area contributed by atoms with Crippen molar-refractivity contribution >= 4 is 27.4 Å². The van der Waals surface area contributed by atoms with Crippen LogP contribution in [0.25, 0.3) is 11.4 Å². The molecular formula is C24H33N5O4S. The van der Waals surface area contributed by atoms with Crippen molar-refractivity contribution in [2.75, 3.05) is 35.7 Å². The number of carbonyl (C=O) groups excluding carboxylic acids is 1. The molecule has 1 aliphatic carbocycles. The molecular weight excluding hydrogens is 454 g/mol. The number of anilines is 2. The Morgan fingerprint density at radius 3 is 2.62 bits per heavy atom. The maximum absolute atomic E-state index is 13.0. The van der Waals surface area contributed by atoms with Crippen LogP contribution in [0.4, 0.5) is 16.3 Å². The third-order valence-corrected chi connectivity index (χ3v) is 9.25. The van der Waals surface area contributed by atoms with E-state index in [4.69, 9.17) is 20.4 Å². The van der Waals surface area contributed by atoms with Crippen molar-refractivity contribution in [3.63, 3.8) is 0 Å². The quantitative estimate of drug-likeness (QED) is 0.612. The number of urea groups is 1. The molecule has 2 aromatic rings. The van der Waals surface area contributed by atoms with E-state index >= 15 is 0 Å². The van der Waals surface area contributed by atoms with Crippen molar-refractivity contribution in [2.24, 2.45) is 5.73 Å². The number of amides is 2. The number of aromatic nitrogens is 2. The molecule has 1 aromatic carbocycles. The summed E-state index contributed by atoms with van der Waals surface area (Å²) in [6.45, 7) is 8.93. The Bertz CT molecular complexity index is 1190. The smallest absolute Gasteiger partial charge is 0.316 e. The van der Waals surface area contributed by atoms with Crippen LogP contribution >= 0.6 is 0 Å². The molecule has 2 aliphatic rings. The van der Waals surface area contributed by atoms with E-state index in [9.17, 15) is 13.2 Å². The predicted octanol–water partition coefficient (Wildman–Crippen LogP) is 3.41. The molecule has 1 aromatic heterocycles. The van der Waals surface area contributed by atoms with E-state index in [-0.39, 0.29) is 11.8 Å². The average molecular weight is 488 g/mol. The van der Waals surface area contributed by atoms with Crippen molar-refractivity contribution in [1.29, 1.82) is 0 Å². The van der Waals surface area contributed by atoms with Crippen LogP contribution in [0.3, 0.4) is 0 Å². The van der Waals surface area contributed by atoms with Crippen LogP contribution in [0.5, 0.6) is 0 Å². The topological polar surface area (TPSA) is 128 Å². The van der Waals surface area contributed by atoms with Crippen LogP contribution in [0, 0.1) is 0 Å². The number of nitrogens with two attached hydrogens (primary N) is 1. The monoisotopic (exact) mass is 487 g/mol. The van der Waals surface area contributed by atoms with E-state index in [1.807, 2.05) is 12.1 Å². The molecule has 0 spiro atoms. The molecule has 34 heavy (non-hydrogen) atoms. The van der Waals surface area contributed by atoms with Crippen molar-refractivity contribution < 1.29 is 17.9 Å². The van der Waals surface area contributed by atoms with Gasteiger partial charge >= 0.3 is 6.03 Å². The lowest BCUT2D eigenvalue weighted by Crippen LogP contribution is -2.44. The lowest BCUT2D eigenvalue weighted by Gasteiger charge is -2.35. The summed E-state index contributed by atoms with van der Waals surface area (Å²) in [6.07, 6.45) is 2.07. The van der Waals surface area contributed by atoms with Gasteiger partial charge in [0.2, 0.25) is 0 Å². The summed E-state index contributed by atoms with van der Waals surface area (Å²) in [6, 6.07) is 6.85. The van der Waals surface area contributed by atoms with Gasteiger partial charge in [0.15, 0.2) is 15.7 Å². The molecule has 2 fully saturated rings. The van der Waals surface area contributed by atoms with Gasteiger partial charge in [0, 0.05) is 29.6 Å². The van der Waals surface area contributed by atoms with Crippen molar-refractivity contribution in [3.05, 3.63) is 35.5 Å². The number of rotatable bonds is 7. The van der Waals surface area contributed by atoms with Gasteiger partial charge in [-0.3, -0.25) is 0 Å². The maximum atomic E-state index is 13.0. The highest BCUT2D eigenvalue weighted by Gasteiger charge is 2.38. The maximum Gasteiger partial charge on any atom is 0.316 e. The van der Waals surface area contributed by atoms with Gasteiger partial charge in [0.1, 0.15) is 10.6 Å². The van der Waals surface area contributed by atoms with E-state index in [2.05, 4.69) is 17.1 Å². The number of sulfone groups is 1. The zero-order valence-corrected chi connectivity index (χ0v) is 21.0. The second-order valence-corrected chi connectivity index (χ2v) is 12.4. The van der Waals surface area contributed by atoms with E-state index in [1.165, 1.54) is 0 Å². The van der Waals surface area contributed by atoms with Gasteiger partial charge in [0.05, 0.1) is 24.9 Å². The van der Waals surface area contributed by atoms with E-state index in [0.29, 0.717) is 48.7 Å². The molecule has 1 aliphatic heterocycles. The standard InChI is InChI=1S/C24H33N5O4S/c1-5-34(31,32)24(3,4)20-13-21(29-10-11-33-14-15(29)2)28-22(27-20)18-9-8-17(26-23(25)30)12-19(18)16-6-7-16/h8-9,12-13,15-16H,5-7,10-11,14H2,1-4H3,(H3,25,26,30)/t15-/m0/s1. The minimum Gasteiger partial charge on any atom is -0.377 e. The zero-order valence-electron chi connectivity index (χ0n) is 20.2. The molecule has 1 saturated carbocycles. The average Bonchev–Trinajstić information content (AvgIpc) is 3.64. The Kier molecular flexibility index (Phi) is 6.56. The Balaban J connectivity index is 1.89. The van der Waals surface area contributed by atoms with Crippen molar-refractivity contribution in [1.82, 2.24) is 9.97 Å². The van der Waals surface area contributed by atoms with E-state index in [1.54, 1.807) is 32.9 Å². The first kappa shape index (κ1) is 24.4. The fraction of sp³-hybridized carbons (Fsp3) is 0.542. The normalized spacial score (nSPS) is 19.2. The minimum atomic E-state index is -3.44. The van der Waals surface area contributed by atoms with Crippen LogP contribution in [-0.4, -0.2) is 56.0 Å². The molecule has 0 radical (unpaired) electrons. The fourth-order valence-corrected chi connectivity index (χ4v) is 5.46. The van der Waals surface area contributed by atoms with Gasteiger partial charge in [0.25, 0.3) is 0 Å². The van der Waals surface area contributed by atoms with Crippen LogP contribution in [0.1, 0.15) is 57.7 Å². The molecule has 184 valence electrons. The number of hydrogen-bond acceptors (Lipinski definition) is 7. The van der Waals surface area contributed by atoms with Gasteiger partial charge < -0.3 is 20.7 Å². The summed E-state index contributed by atoms with van der Waals surface area (Å²) in [7, 11) is -3.44. The van der Waals surface area contributed by atoms with Crippen molar-refractivity contribution in [2.45, 2.75) is 57.2 Å². The third kappa shape index (κ3) is 4.74. The number of benzene rings is 1. The van der Waals surface area contributed by atoms with Crippen LogP contribution in [-0.2, 0) is 19.3 Å². The Morgan fingerprint density at radius 2 is 2.00 bits per heavy atom. The molecule has 0 unspecified atom stereocenters. The third-order valence-electron chi connectivity index (χ3n) is 6.73. The molecule has 2 amide bonds.